The Morgan fingerprint density at radius 2 is 2.14 bits per heavy atom. The van der Waals surface area contributed by atoms with Crippen LogP contribution >= 0.6 is 0 Å². The van der Waals surface area contributed by atoms with Gasteiger partial charge in [-0.05, 0) is 45.4 Å². The zero-order valence-corrected chi connectivity index (χ0v) is 13.9. The summed E-state index contributed by atoms with van der Waals surface area (Å²) in [5.74, 6) is 1.08. The summed E-state index contributed by atoms with van der Waals surface area (Å²) in [6, 6.07) is 3.64. The fourth-order valence-corrected chi connectivity index (χ4v) is 1.55. The average Bonchev–Trinajstić information content (AvgIpc) is 2.43. The van der Waals surface area contributed by atoms with E-state index in [9.17, 15) is 4.79 Å². The number of amides is 1. The van der Waals surface area contributed by atoms with Crippen molar-refractivity contribution in [3.63, 3.8) is 0 Å². The first-order valence-corrected chi connectivity index (χ1v) is 7.17. The molecule has 0 radical (unpaired) electrons. The smallest absolute Gasteiger partial charge is 0.414 e. The number of hydrogen-bond donors (Lipinski definition) is 0. The van der Waals surface area contributed by atoms with E-state index in [-0.39, 0.29) is 0 Å². The molecule has 22 heavy (non-hydrogen) atoms. The number of aryl methyl sites for hydroxylation is 1. The summed E-state index contributed by atoms with van der Waals surface area (Å²) >= 11 is 0. The van der Waals surface area contributed by atoms with Crippen molar-refractivity contribution < 1.29 is 14.3 Å². The van der Waals surface area contributed by atoms with Gasteiger partial charge in [0.2, 0.25) is 0 Å². The Bertz CT molecular complexity index is 559. The third kappa shape index (κ3) is 5.99. The monoisotopic (exact) mass is 304 g/mol. The number of nitrogens with zero attached hydrogens (tertiary/aromatic N) is 2. The van der Waals surface area contributed by atoms with E-state index >= 15 is 0 Å². The topological polar surface area (TPSA) is 51.7 Å². The largest absolute Gasteiger partial charge is 0.456 e. The van der Waals surface area contributed by atoms with Crippen LogP contribution in [0.25, 0.3) is 0 Å². The first-order valence-electron chi connectivity index (χ1n) is 7.17. The minimum atomic E-state index is -0.529. The molecule has 5 nitrogen and oxygen atoms in total. The van der Waals surface area contributed by atoms with E-state index in [4.69, 9.17) is 9.47 Å². The lowest BCUT2D eigenvalue weighted by atomic mass is 10.2. The first kappa shape index (κ1) is 17.8. The van der Waals surface area contributed by atoms with Crippen molar-refractivity contribution in [3.8, 4) is 5.75 Å². The highest BCUT2D eigenvalue weighted by atomic mass is 16.6. The summed E-state index contributed by atoms with van der Waals surface area (Å²) in [5, 5.41) is 0. The molecule has 5 heteroatoms. The third-order valence-corrected chi connectivity index (χ3v) is 2.59. The van der Waals surface area contributed by atoms with Crippen molar-refractivity contribution in [1.29, 1.82) is 0 Å². The molecule has 1 heterocycles. The minimum absolute atomic E-state index is 0.415. The molecule has 1 amide bonds. The highest BCUT2D eigenvalue weighted by Gasteiger charge is 2.18. The Labute approximate surface area is 132 Å². The van der Waals surface area contributed by atoms with Gasteiger partial charge in [0, 0.05) is 19.4 Å². The van der Waals surface area contributed by atoms with Gasteiger partial charge in [-0.1, -0.05) is 13.5 Å². The molecule has 0 saturated carbocycles. The highest BCUT2D eigenvalue weighted by molar-refractivity contribution is 5.69. The van der Waals surface area contributed by atoms with E-state index in [1.807, 2.05) is 33.8 Å². The second-order valence-electron chi connectivity index (χ2n) is 5.78. The summed E-state index contributed by atoms with van der Waals surface area (Å²) in [6.45, 7) is 11.3. The first-order chi connectivity index (χ1) is 10.2. The van der Waals surface area contributed by atoms with Crippen molar-refractivity contribution in [2.75, 3.05) is 7.05 Å². The second-order valence-corrected chi connectivity index (χ2v) is 5.78. The molecule has 120 valence electrons. The number of aromatic nitrogens is 1. The molecular weight excluding hydrogens is 280 g/mol. The highest BCUT2D eigenvalue weighted by Crippen LogP contribution is 2.18. The van der Waals surface area contributed by atoms with Crippen LogP contribution in [0.3, 0.4) is 0 Å². The van der Waals surface area contributed by atoms with Crippen LogP contribution in [0.1, 0.15) is 33.4 Å². The lowest BCUT2D eigenvalue weighted by molar-refractivity contribution is 0.0372. The molecule has 0 N–H and O–H groups in total. The number of carbonyl (C=O) groups is 1. The Kier molecular flexibility index (Phi) is 6.16. The Balaban J connectivity index is 2.62. The zero-order chi connectivity index (χ0) is 16.8. The quantitative estimate of drug-likeness (QED) is 0.611. The number of ether oxygens (including phenoxy) is 2. The number of allylic oxidation sites excluding steroid dienone is 1. The fraction of sp³-hybridized carbons (Fsp3) is 0.412. The van der Waals surface area contributed by atoms with Crippen molar-refractivity contribution in [2.24, 2.45) is 0 Å². The van der Waals surface area contributed by atoms with Crippen LogP contribution < -0.4 is 4.74 Å². The summed E-state index contributed by atoms with van der Waals surface area (Å²) in [5.41, 5.74) is 0.330. The summed E-state index contributed by atoms with van der Waals surface area (Å²) in [6.07, 6.45) is 5.22. The lowest BCUT2D eigenvalue weighted by Gasteiger charge is -2.22. The van der Waals surface area contributed by atoms with E-state index in [1.54, 1.807) is 31.6 Å². The number of pyridine rings is 1. The van der Waals surface area contributed by atoms with Crippen molar-refractivity contribution in [2.45, 2.75) is 39.7 Å². The molecule has 0 spiro atoms. The molecule has 0 aliphatic heterocycles. The molecule has 1 rings (SSSR count). The number of rotatable bonds is 5. The molecule has 0 aliphatic carbocycles. The zero-order valence-electron chi connectivity index (χ0n) is 13.9. The van der Waals surface area contributed by atoms with Gasteiger partial charge in [-0.2, -0.15) is 0 Å². The SMILES string of the molecule is C=C(/C=C\N(C)C(=O)OC(C)(C)C)Oc1cccnc1CC. The molecule has 0 fully saturated rings. The maximum atomic E-state index is 11.8. The standard InChI is InChI=1S/C17H24N2O3/c1-7-14-15(9-8-11-18-14)21-13(2)10-12-19(6)16(20)22-17(3,4)5/h8-12H,2,7H2,1,3-6H3/b12-10-. The maximum Gasteiger partial charge on any atom is 0.414 e. The summed E-state index contributed by atoms with van der Waals surface area (Å²) < 4.78 is 10.9. The molecule has 1 aromatic heterocycles. The van der Waals surface area contributed by atoms with Gasteiger partial charge in [-0.15, -0.1) is 0 Å². The van der Waals surface area contributed by atoms with E-state index < -0.39 is 11.7 Å². The van der Waals surface area contributed by atoms with E-state index in [0.29, 0.717) is 11.5 Å². The average molecular weight is 304 g/mol. The van der Waals surface area contributed by atoms with Gasteiger partial charge in [0.15, 0.2) is 0 Å². The molecular formula is C17H24N2O3. The number of hydrogen-bond acceptors (Lipinski definition) is 4. The van der Waals surface area contributed by atoms with Crippen molar-refractivity contribution >= 4 is 6.09 Å². The Morgan fingerprint density at radius 1 is 1.45 bits per heavy atom. The minimum Gasteiger partial charge on any atom is -0.456 e. The van der Waals surface area contributed by atoms with Crippen LogP contribution in [-0.4, -0.2) is 28.6 Å². The van der Waals surface area contributed by atoms with Gasteiger partial charge in [-0.3, -0.25) is 9.88 Å². The van der Waals surface area contributed by atoms with Crippen molar-refractivity contribution in [3.05, 3.63) is 48.6 Å². The maximum absolute atomic E-state index is 11.8. The Hall–Kier alpha value is -2.30. The fourth-order valence-electron chi connectivity index (χ4n) is 1.55. The van der Waals surface area contributed by atoms with Gasteiger partial charge in [0.05, 0.1) is 5.69 Å². The summed E-state index contributed by atoms with van der Waals surface area (Å²) in [7, 11) is 1.61. The predicted octanol–water partition coefficient (Wildman–Crippen LogP) is 3.92. The third-order valence-electron chi connectivity index (χ3n) is 2.59. The molecule has 0 aromatic carbocycles. The predicted molar refractivity (Wildman–Crippen MR) is 86.5 cm³/mol. The van der Waals surface area contributed by atoms with Gasteiger partial charge < -0.3 is 9.47 Å². The molecule has 1 aromatic rings. The van der Waals surface area contributed by atoms with E-state index in [1.165, 1.54) is 4.90 Å². The van der Waals surface area contributed by atoms with Gasteiger partial charge >= 0.3 is 6.09 Å². The van der Waals surface area contributed by atoms with E-state index in [2.05, 4.69) is 11.6 Å². The molecule has 0 aliphatic rings. The Morgan fingerprint density at radius 3 is 2.73 bits per heavy atom. The van der Waals surface area contributed by atoms with Crippen LogP contribution in [-0.2, 0) is 11.2 Å². The van der Waals surface area contributed by atoms with Gasteiger partial charge in [-0.25, -0.2) is 4.79 Å². The molecule has 0 bridgehead atoms. The molecule has 0 saturated heterocycles. The van der Waals surface area contributed by atoms with Crippen LogP contribution in [0.2, 0.25) is 0 Å². The van der Waals surface area contributed by atoms with Crippen LogP contribution in [0.5, 0.6) is 5.75 Å². The molecule has 0 unspecified atom stereocenters. The second kappa shape index (κ2) is 7.64. The van der Waals surface area contributed by atoms with E-state index in [0.717, 1.165) is 12.1 Å². The molecule has 0 atom stereocenters. The lowest BCUT2D eigenvalue weighted by Crippen LogP contribution is -2.31. The normalized spacial score (nSPS) is 11.3. The number of carbonyl (C=O) groups excluding carboxylic acids is 1. The summed E-state index contributed by atoms with van der Waals surface area (Å²) in [4.78, 5) is 17.4. The van der Waals surface area contributed by atoms with Crippen LogP contribution in [0, 0.1) is 0 Å². The van der Waals surface area contributed by atoms with Gasteiger partial charge in [0.25, 0.3) is 0 Å². The van der Waals surface area contributed by atoms with Crippen LogP contribution in [0.4, 0.5) is 4.79 Å². The van der Waals surface area contributed by atoms with Gasteiger partial charge in [0.1, 0.15) is 17.1 Å². The van der Waals surface area contributed by atoms with Crippen LogP contribution in [0.15, 0.2) is 42.9 Å². The van der Waals surface area contributed by atoms with Crippen molar-refractivity contribution in [1.82, 2.24) is 9.88 Å².